The highest BCUT2D eigenvalue weighted by atomic mass is 16.1. The SMILES string of the molecule is CN1CCC(N2CCC[C@H](NC(=O)c3ccc(N4CCN(C)CC4)cc3)C2)CC1. The van der Waals surface area contributed by atoms with Crippen molar-refractivity contribution in [1.29, 1.82) is 0 Å². The molecule has 3 saturated heterocycles. The first-order chi connectivity index (χ1) is 14.1. The molecule has 3 aliphatic heterocycles. The fraction of sp³-hybridized carbons (Fsp3) is 0.696. The first kappa shape index (κ1) is 20.6. The molecule has 0 unspecified atom stereocenters. The second-order valence-electron chi connectivity index (χ2n) is 9.18. The number of anilines is 1. The van der Waals surface area contributed by atoms with Gasteiger partial charge in [-0.25, -0.2) is 0 Å². The lowest BCUT2D eigenvalue weighted by Crippen LogP contribution is -2.53. The predicted molar refractivity (Wildman–Crippen MR) is 119 cm³/mol. The van der Waals surface area contributed by atoms with Gasteiger partial charge in [0.1, 0.15) is 0 Å². The molecule has 3 aliphatic rings. The summed E-state index contributed by atoms with van der Waals surface area (Å²) in [7, 11) is 4.38. The number of nitrogens with one attached hydrogen (secondary N) is 1. The Morgan fingerprint density at radius 3 is 2.21 bits per heavy atom. The summed E-state index contributed by atoms with van der Waals surface area (Å²) in [6.45, 7) is 8.86. The van der Waals surface area contributed by atoms with Gasteiger partial charge in [0.15, 0.2) is 0 Å². The van der Waals surface area contributed by atoms with Gasteiger partial charge < -0.3 is 20.0 Å². The highest BCUT2D eigenvalue weighted by Gasteiger charge is 2.28. The van der Waals surface area contributed by atoms with Crippen LogP contribution in [0.3, 0.4) is 0 Å². The number of carbonyl (C=O) groups excluding carboxylic acids is 1. The predicted octanol–water partition coefficient (Wildman–Crippen LogP) is 1.73. The van der Waals surface area contributed by atoms with Crippen LogP contribution in [-0.2, 0) is 0 Å². The number of likely N-dealkylation sites (N-methyl/N-ethyl adjacent to an activating group) is 1. The smallest absolute Gasteiger partial charge is 0.251 e. The lowest BCUT2D eigenvalue weighted by Gasteiger charge is -2.41. The average molecular weight is 400 g/mol. The van der Waals surface area contributed by atoms with Crippen LogP contribution < -0.4 is 10.2 Å². The van der Waals surface area contributed by atoms with E-state index in [0.717, 1.165) is 44.7 Å². The van der Waals surface area contributed by atoms with E-state index in [1.165, 1.54) is 44.6 Å². The summed E-state index contributed by atoms with van der Waals surface area (Å²) in [6, 6.07) is 9.14. The highest BCUT2D eigenvalue weighted by Crippen LogP contribution is 2.21. The number of benzene rings is 1. The Labute approximate surface area is 175 Å². The van der Waals surface area contributed by atoms with Crippen molar-refractivity contribution in [3.8, 4) is 0 Å². The third-order valence-corrected chi connectivity index (χ3v) is 6.99. The van der Waals surface area contributed by atoms with E-state index in [1.54, 1.807) is 0 Å². The molecule has 6 heteroatoms. The van der Waals surface area contributed by atoms with Gasteiger partial charge in [0.25, 0.3) is 5.91 Å². The molecule has 0 aromatic heterocycles. The van der Waals surface area contributed by atoms with Crippen LogP contribution in [-0.4, -0.2) is 99.1 Å². The summed E-state index contributed by atoms with van der Waals surface area (Å²) >= 11 is 0. The zero-order valence-corrected chi connectivity index (χ0v) is 18.1. The van der Waals surface area contributed by atoms with Crippen molar-refractivity contribution in [3.05, 3.63) is 29.8 Å². The molecule has 3 fully saturated rings. The topological polar surface area (TPSA) is 42.1 Å². The van der Waals surface area contributed by atoms with Crippen LogP contribution in [0.5, 0.6) is 0 Å². The second-order valence-corrected chi connectivity index (χ2v) is 9.18. The molecule has 0 bridgehead atoms. The molecule has 1 aromatic carbocycles. The zero-order valence-electron chi connectivity index (χ0n) is 18.1. The van der Waals surface area contributed by atoms with E-state index < -0.39 is 0 Å². The van der Waals surface area contributed by atoms with E-state index in [9.17, 15) is 4.79 Å². The molecular weight excluding hydrogens is 362 g/mol. The quantitative estimate of drug-likeness (QED) is 0.835. The zero-order chi connectivity index (χ0) is 20.2. The van der Waals surface area contributed by atoms with E-state index in [4.69, 9.17) is 0 Å². The Balaban J connectivity index is 1.29. The van der Waals surface area contributed by atoms with Crippen LogP contribution in [0.25, 0.3) is 0 Å². The van der Waals surface area contributed by atoms with E-state index >= 15 is 0 Å². The van der Waals surface area contributed by atoms with E-state index in [1.807, 2.05) is 12.1 Å². The largest absolute Gasteiger partial charge is 0.369 e. The fourth-order valence-corrected chi connectivity index (χ4v) is 4.97. The summed E-state index contributed by atoms with van der Waals surface area (Å²) < 4.78 is 0. The van der Waals surface area contributed by atoms with Crippen LogP contribution in [0, 0.1) is 0 Å². The molecule has 0 saturated carbocycles. The molecule has 4 rings (SSSR count). The van der Waals surface area contributed by atoms with Crippen molar-refractivity contribution < 1.29 is 4.79 Å². The van der Waals surface area contributed by atoms with Crippen LogP contribution in [0.15, 0.2) is 24.3 Å². The van der Waals surface area contributed by atoms with Gasteiger partial charge in [0.2, 0.25) is 0 Å². The normalized spacial score (nSPS) is 25.9. The van der Waals surface area contributed by atoms with Crippen molar-refractivity contribution in [2.75, 3.05) is 71.4 Å². The molecule has 3 heterocycles. The van der Waals surface area contributed by atoms with Gasteiger partial charge in [-0.15, -0.1) is 0 Å². The average Bonchev–Trinajstić information content (AvgIpc) is 2.75. The Bertz CT molecular complexity index is 662. The van der Waals surface area contributed by atoms with Gasteiger partial charge in [-0.3, -0.25) is 9.69 Å². The molecular formula is C23H37N5O. The van der Waals surface area contributed by atoms with Gasteiger partial charge in [0, 0.05) is 56.1 Å². The first-order valence-electron chi connectivity index (χ1n) is 11.4. The number of rotatable bonds is 4. The Hall–Kier alpha value is -1.63. The van der Waals surface area contributed by atoms with E-state index in [-0.39, 0.29) is 11.9 Å². The second kappa shape index (κ2) is 9.45. The molecule has 0 radical (unpaired) electrons. The molecule has 29 heavy (non-hydrogen) atoms. The van der Waals surface area contributed by atoms with E-state index in [0.29, 0.717) is 6.04 Å². The lowest BCUT2D eigenvalue weighted by atomic mass is 9.98. The monoisotopic (exact) mass is 399 g/mol. The van der Waals surface area contributed by atoms with Gasteiger partial charge in [-0.1, -0.05) is 0 Å². The number of piperidine rings is 2. The number of likely N-dealkylation sites (tertiary alicyclic amines) is 2. The van der Waals surface area contributed by atoms with Crippen molar-refractivity contribution >= 4 is 11.6 Å². The number of piperazine rings is 1. The van der Waals surface area contributed by atoms with Gasteiger partial charge in [-0.2, -0.15) is 0 Å². The van der Waals surface area contributed by atoms with Crippen molar-refractivity contribution in [3.63, 3.8) is 0 Å². The Kier molecular flexibility index (Phi) is 6.73. The minimum atomic E-state index is 0.0742. The van der Waals surface area contributed by atoms with Crippen molar-refractivity contribution in [1.82, 2.24) is 20.0 Å². The maximum Gasteiger partial charge on any atom is 0.251 e. The molecule has 1 N–H and O–H groups in total. The maximum absolute atomic E-state index is 12.8. The highest BCUT2D eigenvalue weighted by molar-refractivity contribution is 5.94. The van der Waals surface area contributed by atoms with Crippen LogP contribution >= 0.6 is 0 Å². The summed E-state index contributed by atoms with van der Waals surface area (Å²) in [6.07, 6.45) is 4.78. The number of amides is 1. The summed E-state index contributed by atoms with van der Waals surface area (Å²) in [5, 5.41) is 3.31. The number of hydrogen-bond acceptors (Lipinski definition) is 5. The third kappa shape index (κ3) is 5.30. The van der Waals surface area contributed by atoms with Gasteiger partial charge in [-0.05, 0) is 83.7 Å². The van der Waals surface area contributed by atoms with Gasteiger partial charge >= 0.3 is 0 Å². The Morgan fingerprint density at radius 2 is 1.52 bits per heavy atom. The molecule has 160 valence electrons. The van der Waals surface area contributed by atoms with Crippen LogP contribution in [0.2, 0.25) is 0 Å². The van der Waals surface area contributed by atoms with E-state index in [2.05, 4.69) is 51.1 Å². The molecule has 0 spiro atoms. The summed E-state index contributed by atoms with van der Waals surface area (Å²) in [5.74, 6) is 0.0742. The molecule has 1 atom stereocenters. The third-order valence-electron chi connectivity index (χ3n) is 6.99. The van der Waals surface area contributed by atoms with Crippen LogP contribution in [0.4, 0.5) is 5.69 Å². The van der Waals surface area contributed by atoms with Crippen LogP contribution in [0.1, 0.15) is 36.0 Å². The number of nitrogens with zero attached hydrogens (tertiary/aromatic N) is 4. The minimum absolute atomic E-state index is 0.0742. The standard InChI is InChI=1S/C23H37N5O/c1-25-12-9-22(10-13-25)28-11-3-4-20(18-28)24-23(29)19-5-7-21(8-6-19)27-16-14-26(2)15-17-27/h5-8,20,22H,3-4,9-18H2,1-2H3,(H,24,29)/t20-/m0/s1. The number of hydrogen-bond donors (Lipinski definition) is 1. The summed E-state index contributed by atoms with van der Waals surface area (Å²) in [5.41, 5.74) is 2.00. The van der Waals surface area contributed by atoms with Crippen molar-refractivity contribution in [2.45, 2.75) is 37.8 Å². The fourth-order valence-electron chi connectivity index (χ4n) is 4.97. The minimum Gasteiger partial charge on any atom is -0.369 e. The van der Waals surface area contributed by atoms with Crippen molar-refractivity contribution in [2.24, 2.45) is 0 Å². The lowest BCUT2D eigenvalue weighted by molar-refractivity contribution is 0.0766. The Morgan fingerprint density at radius 1 is 0.862 bits per heavy atom. The first-order valence-corrected chi connectivity index (χ1v) is 11.4. The maximum atomic E-state index is 12.8. The van der Waals surface area contributed by atoms with Gasteiger partial charge in [0.05, 0.1) is 0 Å². The number of carbonyl (C=O) groups is 1. The molecule has 0 aliphatic carbocycles. The summed E-state index contributed by atoms with van der Waals surface area (Å²) in [4.78, 5) is 22.6. The molecule has 6 nitrogen and oxygen atoms in total. The molecule has 1 amide bonds. The molecule has 1 aromatic rings.